The van der Waals surface area contributed by atoms with Crippen LogP contribution in [0.5, 0.6) is 0 Å². The van der Waals surface area contributed by atoms with Crippen LogP contribution in [-0.4, -0.2) is 36.8 Å². The minimum absolute atomic E-state index is 0.102. The van der Waals surface area contributed by atoms with Crippen molar-refractivity contribution in [1.82, 2.24) is 10.6 Å². The van der Waals surface area contributed by atoms with Gasteiger partial charge >= 0.3 is 0 Å². The van der Waals surface area contributed by atoms with Crippen LogP contribution in [0.4, 0.5) is 0 Å². The average Bonchev–Trinajstić information content (AvgIpc) is 2.14. The van der Waals surface area contributed by atoms with E-state index < -0.39 is 6.10 Å². The van der Waals surface area contributed by atoms with Crippen LogP contribution in [0.15, 0.2) is 12.7 Å². The minimum atomic E-state index is -0.441. The first-order valence-electron chi connectivity index (χ1n) is 4.47. The molecule has 1 amide bonds. The standard InChI is InChI=1S/C9H18N2O2/c1-3-5-10-7-9(13)11-6-8(12)4-2/h3,8,10,12H,1,4-7H2,2H3,(H,11,13). The molecule has 0 fully saturated rings. The van der Waals surface area contributed by atoms with Crippen molar-refractivity contribution >= 4 is 5.91 Å². The van der Waals surface area contributed by atoms with Crippen LogP contribution in [0.3, 0.4) is 0 Å². The van der Waals surface area contributed by atoms with E-state index in [9.17, 15) is 4.79 Å². The van der Waals surface area contributed by atoms with E-state index >= 15 is 0 Å². The number of aliphatic hydroxyl groups is 1. The number of amides is 1. The molecule has 0 spiro atoms. The smallest absolute Gasteiger partial charge is 0.234 e. The Morgan fingerprint density at radius 2 is 2.38 bits per heavy atom. The van der Waals surface area contributed by atoms with Gasteiger partial charge in [0.15, 0.2) is 0 Å². The molecule has 0 aromatic carbocycles. The molecule has 0 rings (SSSR count). The second kappa shape index (κ2) is 7.76. The maximum atomic E-state index is 11.0. The first kappa shape index (κ1) is 12.1. The molecule has 0 bridgehead atoms. The predicted molar refractivity (Wildman–Crippen MR) is 52.4 cm³/mol. The Balaban J connectivity index is 3.34. The fourth-order valence-corrected chi connectivity index (χ4v) is 0.726. The van der Waals surface area contributed by atoms with Gasteiger partial charge in [-0.15, -0.1) is 6.58 Å². The lowest BCUT2D eigenvalue weighted by Crippen LogP contribution is -2.38. The van der Waals surface area contributed by atoms with Crippen LogP contribution >= 0.6 is 0 Å². The topological polar surface area (TPSA) is 61.4 Å². The third-order valence-electron chi connectivity index (χ3n) is 1.58. The molecule has 0 aliphatic carbocycles. The van der Waals surface area contributed by atoms with Crippen molar-refractivity contribution in [3.8, 4) is 0 Å². The molecule has 13 heavy (non-hydrogen) atoms. The largest absolute Gasteiger partial charge is 0.391 e. The molecule has 0 saturated heterocycles. The number of hydrogen-bond donors (Lipinski definition) is 3. The van der Waals surface area contributed by atoms with Gasteiger partial charge in [-0.05, 0) is 6.42 Å². The van der Waals surface area contributed by atoms with Crippen molar-refractivity contribution in [2.45, 2.75) is 19.4 Å². The molecule has 0 saturated carbocycles. The van der Waals surface area contributed by atoms with Gasteiger partial charge in [0.05, 0.1) is 12.6 Å². The summed E-state index contributed by atoms with van der Waals surface area (Å²) in [6.45, 7) is 6.58. The van der Waals surface area contributed by atoms with Crippen LogP contribution in [0.2, 0.25) is 0 Å². The number of rotatable bonds is 7. The van der Waals surface area contributed by atoms with Crippen molar-refractivity contribution in [2.75, 3.05) is 19.6 Å². The lowest BCUT2D eigenvalue weighted by molar-refractivity contribution is -0.120. The van der Waals surface area contributed by atoms with Crippen LogP contribution in [-0.2, 0) is 4.79 Å². The van der Waals surface area contributed by atoms with Gasteiger partial charge in [0.25, 0.3) is 0 Å². The highest BCUT2D eigenvalue weighted by Crippen LogP contribution is 1.85. The Bertz CT molecular complexity index is 160. The van der Waals surface area contributed by atoms with E-state index in [4.69, 9.17) is 5.11 Å². The van der Waals surface area contributed by atoms with Crippen molar-refractivity contribution in [3.05, 3.63) is 12.7 Å². The maximum absolute atomic E-state index is 11.0. The summed E-state index contributed by atoms with van der Waals surface area (Å²) in [7, 11) is 0. The molecule has 0 radical (unpaired) electrons. The number of carbonyl (C=O) groups excluding carboxylic acids is 1. The number of carbonyl (C=O) groups is 1. The third kappa shape index (κ3) is 7.49. The number of aliphatic hydroxyl groups excluding tert-OH is 1. The molecule has 4 nitrogen and oxygen atoms in total. The second-order valence-electron chi connectivity index (χ2n) is 2.79. The Labute approximate surface area is 79.0 Å². The summed E-state index contributed by atoms with van der Waals surface area (Å²) >= 11 is 0. The summed E-state index contributed by atoms with van der Waals surface area (Å²) in [6, 6.07) is 0. The lowest BCUT2D eigenvalue weighted by Gasteiger charge is -2.09. The number of nitrogens with one attached hydrogen (secondary N) is 2. The van der Waals surface area contributed by atoms with E-state index in [0.717, 1.165) is 0 Å². The van der Waals surface area contributed by atoms with Crippen LogP contribution < -0.4 is 10.6 Å². The normalized spacial score (nSPS) is 12.2. The van der Waals surface area contributed by atoms with Gasteiger partial charge in [-0.25, -0.2) is 0 Å². The summed E-state index contributed by atoms with van der Waals surface area (Å²) in [5.74, 6) is -0.102. The van der Waals surface area contributed by atoms with E-state index in [1.165, 1.54) is 0 Å². The van der Waals surface area contributed by atoms with Gasteiger partial charge in [-0.1, -0.05) is 13.0 Å². The molecule has 0 aliphatic heterocycles. The monoisotopic (exact) mass is 186 g/mol. The summed E-state index contributed by atoms with van der Waals surface area (Å²) in [6.07, 6.45) is 1.90. The highest BCUT2D eigenvalue weighted by molar-refractivity contribution is 5.77. The minimum Gasteiger partial charge on any atom is -0.391 e. The van der Waals surface area contributed by atoms with Gasteiger partial charge in [-0.3, -0.25) is 4.79 Å². The van der Waals surface area contributed by atoms with Gasteiger partial charge in [0, 0.05) is 13.1 Å². The molecule has 0 aromatic heterocycles. The van der Waals surface area contributed by atoms with Gasteiger partial charge in [-0.2, -0.15) is 0 Å². The van der Waals surface area contributed by atoms with Gasteiger partial charge in [0.2, 0.25) is 5.91 Å². The molecule has 4 heteroatoms. The summed E-state index contributed by atoms with van der Waals surface area (Å²) in [4.78, 5) is 11.0. The van der Waals surface area contributed by atoms with E-state index in [-0.39, 0.29) is 12.5 Å². The van der Waals surface area contributed by atoms with Crippen LogP contribution in [0.25, 0.3) is 0 Å². The van der Waals surface area contributed by atoms with Crippen molar-refractivity contribution in [2.24, 2.45) is 0 Å². The predicted octanol–water partition coefficient (Wildman–Crippen LogP) is -0.351. The zero-order valence-corrected chi connectivity index (χ0v) is 8.05. The average molecular weight is 186 g/mol. The number of hydrogen-bond acceptors (Lipinski definition) is 3. The summed E-state index contributed by atoms with van der Waals surface area (Å²) in [5, 5.41) is 14.6. The van der Waals surface area contributed by atoms with Crippen LogP contribution in [0.1, 0.15) is 13.3 Å². The van der Waals surface area contributed by atoms with E-state index in [1.54, 1.807) is 6.08 Å². The first-order valence-corrected chi connectivity index (χ1v) is 4.47. The van der Waals surface area contributed by atoms with Crippen LogP contribution in [0, 0.1) is 0 Å². The highest BCUT2D eigenvalue weighted by atomic mass is 16.3. The van der Waals surface area contributed by atoms with Gasteiger partial charge < -0.3 is 15.7 Å². The van der Waals surface area contributed by atoms with Crippen molar-refractivity contribution in [3.63, 3.8) is 0 Å². The Morgan fingerprint density at radius 3 is 2.92 bits per heavy atom. The molecule has 3 N–H and O–H groups in total. The lowest BCUT2D eigenvalue weighted by atomic mass is 10.3. The van der Waals surface area contributed by atoms with E-state index in [2.05, 4.69) is 17.2 Å². The summed E-state index contributed by atoms with van der Waals surface area (Å²) < 4.78 is 0. The fourth-order valence-electron chi connectivity index (χ4n) is 0.726. The molecule has 1 atom stereocenters. The second-order valence-corrected chi connectivity index (χ2v) is 2.79. The molecule has 0 aromatic rings. The molecular formula is C9H18N2O2. The highest BCUT2D eigenvalue weighted by Gasteiger charge is 2.03. The Kier molecular flexibility index (Phi) is 7.24. The molecular weight excluding hydrogens is 168 g/mol. The molecule has 76 valence electrons. The quantitative estimate of drug-likeness (QED) is 0.376. The molecule has 0 aliphatic rings. The summed E-state index contributed by atoms with van der Waals surface area (Å²) in [5.41, 5.74) is 0. The Morgan fingerprint density at radius 1 is 1.69 bits per heavy atom. The maximum Gasteiger partial charge on any atom is 0.234 e. The zero-order valence-electron chi connectivity index (χ0n) is 8.05. The first-order chi connectivity index (χ1) is 6.20. The van der Waals surface area contributed by atoms with Crippen molar-refractivity contribution in [1.29, 1.82) is 0 Å². The third-order valence-corrected chi connectivity index (χ3v) is 1.58. The van der Waals surface area contributed by atoms with Crippen molar-refractivity contribution < 1.29 is 9.90 Å². The van der Waals surface area contributed by atoms with E-state index in [1.807, 2.05) is 6.92 Å². The SMILES string of the molecule is C=CCNCC(=O)NCC(O)CC. The van der Waals surface area contributed by atoms with Gasteiger partial charge in [0.1, 0.15) is 0 Å². The van der Waals surface area contributed by atoms with E-state index in [0.29, 0.717) is 19.5 Å². The molecule has 0 heterocycles. The molecule has 1 unspecified atom stereocenters. The zero-order chi connectivity index (χ0) is 10.1. The fraction of sp³-hybridized carbons (Fsp3) is 0.667. The Hall–Kier alpha value is -0.870.